The van der Waals surface area contributed by atoms with E-state index in [1.54, 1.807) is 0 Å². The molecule has 0 spiro atoms. The molecule has 0 aromatic heterocycles. The summed E-state index contributed by atoms with van der Waals surface area (Å²) in [5.74, 6) is -0.223. The van der Waals surface area contributed by atoms with Gasteiger partial charge < -0.3 is 25.7 Å². The van der Waals surface area contributed by atoms with Crippen molar-refractivity contribution in [1.82, 2.24) is 0 Å². The first-order valence-corrected chi connectivity index (χ1v) is 20.4. The molecule has 2 aliphatic heterocycles. The molecule has 0 amide bonds. The zero-order valence-corrected chi connectivity index (χ0v) is 32.1. The maximum Gasteiger partial charge on any atom is 0.428 e. The summed E-state index contributed by atoms with van der Waals surface area (Å²) in [7, 11) is 0. The fourth-order valence-corrected chi connectivity index (χ4v) is 10.2. The number of ketones is 1. The Morgan fingerprint density at radius 2 is 1.02 bits per heavy atom. The number of aliphatic hydroxyl groups is 1. The Bertz CT molecular complexity index is 3770. The Morgan fingerprint density at radius 3 is 1.70 bits per heavy atom. The van der Waals surface area contributed by atoms with Gasteiger partial charge in [0.1, 0.15) is 5.76 Å². The molecular formula is C52H32B2N4O2. The van der Waals surface area contributed by atoms with E-state index >= 15 is 0 Å². The summed E-state index contributed by atoms with van der Waals surface area (Å²) in [5, 5.41) is 38.1. The Hall–Kier alpha value is -7.83. The third-order valence-corrected chi connectivity index (χ3v) is 12.9. The van der Waals surface area contributed by atoms with Gasteiger partial charge in [0.25, 0.3) is 0 Å². The maximum absolute atomic E-state index is 14.8. The molecule has 0 radical (unpaired) electrons. The van der Waals surface area contributed by atoms with Crippen LogP contribution in [0.25, 0.3) is 75.8 Å². The molecule has 6 nitrogen and oxygen atoms in total. The third-order valence-electron chi connectivity index (χ3n) is 12.9. The van der Waals surface area contributed by atoms with Crippen molar-refractivity contribution in [2.45, 2.75) is 0 Å². The van der Waals surface area contributed by atoms with E-state index in [-0.39, 0.29) is 24.1 Å². The SMILES string of the molecule is O=C1C(c2ccc3cccc4c3c2NB(c2cc3ccccc3c3ccccc23)N4)=C(O)/C1=c1/ccc2cccc3c2c1=NB(c1cc2ccccc2c2ccccc12)N3. The molecule has 278 valence electrons. The van der Waals surface area contributed by atoms with Crippen LogP contribution in [0.5, 0.6) is 0 Å². The highest BCUT2D eigenvalue weighted by Gasteiger charge is 2.39. The molecule has 8 heteroatoms. The maximum atomic E-state index is 14.8. The van der Waals surface area contributed by atoms with Crippen molar-refractivity contribution in [1.29, 1.82) is 0 Å². The lowest BCUT2D eigenvalue weighted by molar-refractivity contribution is -0.109. The van der Waals surface area contributed by atoms with Crippen LogP contribution in [0.1, 0.15) is 5.56 Å². The highest BCUT2D eigenvalue weighted by atomic mass is 16.3. The fourth-order valence-electron chi connectivity index (χ4n) is 10.2. The molecule has 13 rings (SSSR count). The minimum absolute atomic E-state index is 0.0179. The number of hydrogen-bond acceptors (Lipinski definition) is 6. The zero-order valence-electron chi connectivity index (χ0n) is 32.1. The molecule has 0 bridgehead atoms. The van der Waals surface area contributed by atoms with E-state index in [4.69, 9.17) is 4.90 Å². The van der Waals surface area contributed by atoms with Gasteiger partial charge in [-0.15, -0.1) is 0 Å². The first kappa shape index (κ1) is 33.2. The minimum Gasteiger partial charge on any atom is -0.506 e. The van der Waals surface area contributed by atoms with Gasteiger partial charge in [-0.1, -0.05) is 158 Å². The van der Waals surface area contributed by atoms with Gasteiger partial charge in [0, 0.05) is 38.6 Å². The van der Waals surface area contributed by atoms with Crippen molar-refractivity contribution in [3.63, 3.8) is 0 Å². The summed E-state index contributed by atoms with van der Waals surface area (Å²) in [6, 6.07) is 58.7. The topological polar surface area (TPSA) is 85.8 Å². The molecule has 0 fully saturated rings. The predicted molar refractivity (Wildman–Crippen MR) is 251 cm³/mol. The van der Waals surface area contributed by atoms with E-state index in [2.05, 4.69) is 155 Å². The second kappa shape index (κ2) is 12.3. The lowest BCUT2D eigenvalue weighted by Gasteiger charge is -2.31. The summed E-state index contributed by atoms with van der Waals surface area (Å²) >= 11 is 0. The molecule has 0 atom stereocenters. The van der Waals surface area contributed by atoms with Gasteiger partial charge in [-0.3, -0.25) is 4.79 Å². The standard InChI is InChI=1S/C52H32B2N4O2/c59-51-47(39-25-23-29-13-9-21-43-45(29)49(39)57-53(55-43)41-27-31-11-1-3-15-33(31)35-17-5-7-19-37(35)41)52(60)48(51)40-26-24-30-14-10-22-44-46(30)50(40)58-54(56-44)42-28-32-12-2-4-16-34(32)36-18-6-8-20-38(36)42/h1-28,55-57,59H/b48-40+. The first-order valence-electron chi connectivity index (χ1n) is 20.4. The average molecular weight is 766 g/mol. The van der Waals surface area contributed by atoms with Crippen LogP contribution in [0, 0.1) is 0 Å². The monoisotopic (exact) mass is 766 g/mol. The van der Waals surface area contributed by atoms with Gasteiger partial charge in [-0.25, -0.2) is 0 Å². The van der Waals surface area contributed by atoms with Crippen LogP contribution in [-0.4, -0.2) is 24.9 Å². The molecule has 0 saturated heterocycles. The number of nitrogens with one attached hydrogen (secondary N) is 3. The molecule has 10 aromatic carbocycles. The van der Waals surface area contributed by atoms with Gasteiger partial charge in [0.15, 0.2) is 0 Å². The average Bonchev–Trinajstić information content (AvgIpc) is 3.30. The Kier molecular flexibility index (Phi) is 6.82. The molecule has 60 heavy (non-hydrogen) atoms. The van der Waals surface area contributed by atoms with Crippen molar-refractivity contribution in [3.8, 4) is 0 Å². The third kappa shape index (κ3) is 4.61. The summed E-state index contributed by atoms with van der Waals surface area (Å²) in [6.07, 6.45) is 0. The number of allylic oxidation sites excluding steroid dienone is 2. The number of hydrogen-bond donors (Lipinski definition) is 4. The number of fused-ring (bicyclic) bond motifs is 6. The normalized spacial score (nSPS) is 15.4. The summed E-state index contributed by atoms with van der Waals surface area (Å²) in [5.41, 5.74) is 6.13. The van der Waals surface area contributed by atoms with Crippen molar-refractivity contribution < 1.29 is 9.90 Å². The first-order chi connectivity index (χ1) is 29.6. The van der Waals surface area contributed by atoms with E-state index in [0.717, 1.165) is 76.5 Å². The van der Waals surface area contributed by atoms with E-state index < -0.39 is 6.98 Å². The number of anilines is 3. The predicted octanol–water partition coefficient (Wildman–Crippen LogP) is 8.98. The van der Waals surface area contributed by atoms with E-state index in [1.165, 1.54) is 16.2 Å². The Balaban J connectivity index is 1.00. The van der Waals surface area contributed by atoms with Gasteiger partial charge in [-0.05, 0) is 76.9 Å². The quantitative estimate of drug-likeness (QED) is 0.107. The van der Waals surface area contributed by atoms with Crippen molar-refractivity contribution in [2.75, 3.05) is 15.7 Å². The van der Waals surface area contributed by atoms with Crippen molar-refractivity contribution >= 4 is 124 Å². The second-order valence-electron chi connectivity index (χ2n) is 16.0. The molecule has 0 unspecified atom stereocenters. The van der Waals surface area contributed by atoms with E-state index in [0.29, 0.717) is 21.7 Å². The van der Waals surface area contributed by atoms with Crippen LogP contribution >= 0.6 is 0 Å². The smallest absolute Gasteiger partial charge is 0.428 e. The molecule has 4 N–H and O–H groups in total. The van der Waals surface area contributed by atoms with E-state index in [9.17, 15) is 9.90 Å². The largest absolute Gasteiger partial charge is 0.506 e. The molecule has 10 aromatic rings. The van der Waals surface area contributed by atoms with Gasteiger partial charge in [0.05, 0.1) is 16.5 Å². The summed E-state index contributed by atoms with van der Waals surface area (Å²) in [4.78, 5) is 20.2. The molecule has 3 aliphatic rings. The fraction of sp³-hybridized carbons (Fsp3) is 0. The van der Waals surface area contributed by atoms with Crippen LogP contribution in [0.2, 0.25) is 0 Å². The van der Waals surface area contributed by atoms with E-state index in [1.807, 2.05) is 30.3 Å². The van der Waals surface area contributed by atoms with Gasteiger partial charge in [0.2, 0.25) is 5.78 Å². The van der Waals surface area contributed by atoms with Crippen LogP contribution in [0.4, 0.5) is 17.1 Å². The van der Waals surface area contributed by atoms with Gasteiger partial charge in [-0.2, -0.15) is 0 Å². The Labute approximate surface area is 344 Å². The molecule has 2 heterocycles. The molecule has 1 aliphatic carbocycles. The summed E-state index contributed by atoms with van der Waals surface area (Å²) in [6.45, 7) is -0.735. The van der Waals surface area contributed by atoms with Gasteiger partial charge >= 0.3 is 14.0 Å². The van der Waals surface area contributed by atoms with Crippen molar-refractivity contribution in [2.24, 2.45) is 4.90 Å². The molecular weight excluding hydrogens is 734 g/mol. The van der Waals surface area contributed by atoms with Crippen molar-refractivity contribution in [3.05, 3.63) is 192 Å². The van der Waals surface area contributed by atoms with Crippen LogP contribution < -0.4 is 37.2 Å². The summed E-state index contributed by atoms with van der Waals surface area (Å²) < 4.78 is 0. The number of benzene rings is 10. The van der Waals surface area contributed by atoms with Crippen LogP contribution in [0.3, 0.4) is 0 Å². The number of Topliss-reactive ketones (excluding diaryl/α,β-unsaturated/α-hetero) is 1. The molecule has 0 saturated carbocycles. The Morgan fingerprint density at radius 1 is 0.467 bits per heavy atom. The highest BCUT2D eigenvalue weighted by molar-refractivity contribution is 6.82. The number of carbonyl (C=O) groups excluding carboxylic acids is 1. The van der Waals surface area contributed by atoms with Crippen LogP contribution in [-0.2, 0) is 4.79 Å². The second-order valence-corrected chi connectivity index (χ2v) is 16.0. The number of rotatable bonds is 3. The lowest BCUT2D eigenvalue weighted by Crippen LogP contribution is -2.48. The lowest BCUT2D eigenvalue weighted by atomic mass is 9.63. The number of nitrogens with zero attached hydrogens (tertiary/aromatic N) is 1. The number of carbonyl (C=O) groups is 1. The number of aliphatic hydroxyl groups excluding tert-OH is 1. The highest BCUT2D eigenvalue weighted by Crippen LogP contribution is 2.45. The van der Waals surface area contributed by atoms with Crippen LogP contribution in [0.15, 0.2) is 181 Å². The minimum atomic E-state index is -0.427. The zero-order chi connectivity index (χ0) is 39.6.